The SMILES string of the molecule is CCNC(=NCC1CC(=O)Nc2ccccc21)NCCOCCOC. The smallest absolute Gasteiger partial charge is 0.225 e. The van der Waals surface area contributed by atoms with Crippen LogP contribution in [0.2, 0.25) is 0 Å². The number of nitrogens with zero attached hydrogens (tertiary/aromatic N) is 1. The average molecular weight is 348 g/mol. The number of methoxy groups -OCH3 is 1. The summed E-state index contributed by atoms with van der Waals surface area (Å²) in [5.41, 5.74) is 2.04. The Labute approximate surface area is 149 Å². The Morgan fingerprint density at radius 2 is 2.12 bits per heavy atom. The molecule has 0 bridgehead atoms. The van der Waals surface area contributed by atoms with Crippen LogP contribution in [-0.4, -0.2) is 58.4 Å². The minimum Gasteiger partial charge on any atom is -0.382 e. The number of para-hydroxylation sites is 1. The number of benzene rings is 1. The number of hydrogen-bond donors (Lipinski definition) is 3. The number of ether oxygens (including phenoxy) is 2. The second-order valence-corrected chi connectivity index (χ2v) is 5.79. The number of aliphatic imine (C=N–C) groups is 1. The summed E-state index contributed by atoms with van der Waals surface area (Å²) in [4.78, 5) is 16.5. The fourth-order valence-electron chi connectivity index (χ4n) is 2.69. The molecule has 0 saturated carbocycles. The highest BCUT2D eigenvalue weighted by molar-refractivity contribution is 5.94. The molecule has 7 nitrogen and oxygen atoms in total. The molecule has 1 aliphatic rings. The number of amides is 1. The van der Waals surface area contributed by atoms with E-state index in [0.717, 1.165) is 23.8 Å². The molecule has 1 aromatic carbocycles. The Morgan fingerprint density at radius 3 is 2.92 bits per heavy atom. The molecule has 0 saturated heterocycles. The highest BCUT2D eigenvalue weighted by atomic mass is 16.5. The maximum absolute atomic E-state index is 11.9. The Hall–Kier alpha value is -2.12. The molecule has 0 fully saturated rings. The summed E-state index contributed by atoms with van der Waals surface area (Å²) in [5.74, 6) is 0.878. The summed E-state index contributed by atoms with van der Waals surface area (Å²) in [6.45, 7) is 5.79. The molecule has 7 heteroatoms. The van der Waals surface area contributed by atoms with Crippen molar-refractivity contribution in [1.82, 2.24) is 10.6 Å². The largest absolute Gasteiger partial charge is 0.382 e. The van der Waals surface area contributed by atoms with E-state index in [1.54, 1.807) is 7.11 Å². The van der Waals surface area contributed by atoms with E-state index >= 15 is 0 Å². The summed E-state index contributed by atoms with van der Waals surface area (Å²) >= 11 is 0. The van der Waals surface area contributed by atoms with E-state index < -0.39 is 0 Å². The van der Waals surface area contributed by atoms with Crippen molar-refractivity contribution in [2.24, 2.45) is 4.99 Å². The molecule has 3 N–H and O–H groups in total. The molecule has 0 spiro atoms. The van der Waals surface area contributed by atoms with Crippen molar-refractivity contribution >= 4 is 17.6 Å². The van der Waals surface area contributed by atoms with E-state index in [4.69, 9.17) is 9.47 Å². The van der Waals surface area contributed by atoms with Crippen molar-refractivity contribution < 1.29 is 14.3 Å². The number of nitrogens with one attached hydrogen (secondary N) is 3. The molecule has 1 amide bonds. The number of hydrogen-bond acceptors (Lipinski definition) is 4. The molecule has 0 aromatic heterocycles. The van der Waals surface area contributed by atoms with Crippen molar-refractivity contribution in [3.63, 3.8) is 0 Å². The predicted octanol–water partition coefficient (Wildman–Crippen LogP) is 1.33. The minimum atomic E-state index is 0.0448. The zero-order valence-corrected chi connectivity index (χ0v) is 15.0. The molecule has 1 aromatic rings. The molecule has 1 unspecified atom stereocenters. The summed E-state index contributed by atoms with van der Waals surface area (Å²) in [6, 6.07) is 7.91. The molecule has 138 valence electrons. The Kier molecular flexibility index (Phi) is 8.21. The first-order valence-corrected chi connectivity index (χ1v) is 8.72. The van der Waals surface area contributed by atoms with Crippen LogP contribution in [0.5, 0.6) is 0 Å². The van der Waals surface area contributed by atoms with Gasteiger partial charge in [0.1, 0.15) is 0 Å². The third-order valence-corrected chi connectivity index (χ3v) is 3.89. The van der Waals surface area contributed by atoms with Crippen LogP contribution in [0, 0.1) is 0 Å². The molecule has 2 rings (SSSR count). The fraction of sp³-hybridized carbons (Fsp3) is 0.556. The summed E-state index contributed by atoms with van der Waals surface area (Å²) in [5, 5.41) is 9.38. The second-order valence-electron chi connectivity index (χ2n) is 5.79. The van der Waals surface area contributed by atoms with Gasteiger partial charge < -0.3 is 25.4 Å². The van der Waals surface area contributed by atoms with Crippen molar-refractivity contribution in [3.8, 4) is 0 Å². The zero-order chi connectivity index (χ0) is 17.9. The minimum absolute atomic E-state index is 0.0448. The molecule has 1 aliphatic heterocycles. The molecular weight excluding hydrogens is 320 g/mol. The van der Waals surface area contributed by atoms with E-state index in [1.807, 2.05) is 25.1 Å². The van der Waals surface area contributed by atoms with Gasteiger partial charge >= 0.3 is 0 Å². The number of guanidine groups is 1. The second kappa shape index (κ2) is 10.7. The van der Waals surface area contributed by atoms with Gasteiger partial charge in [-0.25, -0.2) is 0 Å². The van der Waals surface area contributed by atoms with E-state index in [9.17, 15) is 4.79 Å². The lowest BCUT2D eigenvalue weighted by Crippen LogP contribution is -2.39. The van der Waals surface area contributed by atoms with Gasteiger partial charge in [-0.3, -0.25) is 9.79 Å². The van der Waals surface area contributed by atoms with Gasteiger partial charge in [0, 0.05) is 38.2 Å². The lowest BCUT2D eigenvalue weighted by atomic mass is 9.91. The van der Waals surface area contributed by atoms with Crippen molar-refractivity contribution in [2.75, 3.05) is 51.9 Å². The van der Waals surface area contributed by atoms with Gasteiger partial charge in [-0.15, -0.1) is 0 Å². The highest BCUT2D eigenvalue weighted by Crippen LogP contribution is 2.31. The van der Waals surface area contributed by atoms with Gasteiger partial charge in [0.05, 0.1) is 26.4 Å². The van der Waals surface area contributed by atoms with Crippen molar-refractivity contribution in [2.45, 2.75) is 19.3 Å². The molecule has 1 atom stereocenters. The maximum atomic E-state index is 11.9. The lowest BCUT2D eigenvalue weighted by Gasteiger charge is -2.24. The van der Waals surface area contributed by atoms with Crippen molar-refractivity contribution in [3.05, 3.63) is 29.8 Å². The maximum Gasteiger partial charge on any atom is 0.225 e. The van der Waals surface area contributed by atoms with Gasteiger partial charge in [-0.2, -0.15) is 0 Å². The van der Waals surface area contributed by atoms with E-state index in [1.165, 1.54) is 0 Å². The third kappa shape index (κ3) is 6.36. The molecular formula is C18H28N4O3. The number of anilines is 1. The third-order valence-electron chi connectivity index (χ3n) is 3.89. The molecule has 0 radical (unpaired) electrons. The molecule has 1 heterocycles. The average Bonchev–Trinajstić information content (AvgIpc) is 2.62. The van der Waals surface area contributed by atoms with Crippen LogP contribution >= 0.6 is 0 Å². The first kappa shape index (κ1) is 19.2. The fourth-order valence-corrected chi connectivity index (χ4v) is 2.69. The first-order chi connectivity index (χ1) is 12.2. The van der Waals surface area contributed by atoms with Gasteiger partial charge in [0.15, 0.2) is 5.96 Å². The zero-order valence-electron chi connectivity index (χ0n) is 15.0. The quantitative estimate of drug-likeness (QED) is 0.356. The van der Waals surface area contributed by atoms with Gasteiger partial charge in [0.2, 0.25) is 5.91 Å². The summed E-state index contributed by atoms with van der Waals surface area (Å²) < 4.78 is 10.4. The van der Waals surface area contributed by atoms with Crippen LogP contribution in [0.3, 0.4) is 0 Å². The van der Waals surface area contributed by atoms with Gasteiger partial charge in [-0.05, 0) is 18.6 Å². The number of rotatable bonds is 9. The van der Waals surface area contributed by atoms with Crippen molar-refractivity contribution in [1.29, 1.82) is 0 Å². The monoisotopic (exact) mass is 348 g/mol. The number of carbonyl (C=O) groups is 1. The van der Waals surface area contributed by atoms with Crippen LogP contribution in [0.25, 0.3) is 0 Å². The Bertz CT molecular complexity index is 577. The standard InChI is InChI=1S/C18H28N4O3/c1-3-19-18(20-8-9-25-11-10-24-2)21-13-14-12-17(23)22-16-7-5-4-6-15(14)16/h4-7,14H,3,8-13H2,1-2H3,(H,22,23)(H2,19,20,21). The predicted molar refractivity (Wildman–Crippen MR) is 99.1 cm³/mol. The molecule has 0 aliphatic carbocycles. The van der Waals surface area contributed by atoms with Crippen LogP contribution in [-0.2, 0) is 14.3 Å². The lowest BCUT2D eigenvalue weighted by molar-refractivity contribution is -0.116. The topological polar surface area (TPSA) is 84.0 Å². The van der Waals surface area contributed by atoms with Crippen LogP contribution in [0.15, 0.2) is 29.3 Å². The Morgan fingerprint density at radius 1 is 1.28 bits per heavy atom. The van der Waals surface area contributed by atoms with E-state index in [0.29, 0.717) is 39.3 Å². The summed E-state index contributed by atoms with van der Waals surface area (Å²) in [7, 11) is 1.65. The number of fused-ring (bicyclic) bond motifs is 1. The van der Waals surface area contributed by atoms with Crippen LogP contribution in [0.4, 0.5) is 5.69 Å². The van der Waals surface area contributed by atoms with Gasteiger partial charge in [-0.1, -0.05) is 18.2 Å². The molecule has 25 heavy (non-hydrogen) atoms. The number of carbonyl (C=O) groups excluding carboxylic acids is 1. The highest BCUT2D eigenvalue weighted by Gasteiger charge is 2.24. The Balaban J connectivity index is 1.89. The van der Waals surface area contributed by atoms with E-state index in [-0.39, 0.29) is 11.8 Å². The van der Waals surface area contributed by atoms with Crippen LogP contribution < -0.4 is 16.0 Å². The summed E-state index contributed by atoms with van der Waals surface area (Å²) in [6.07, 6.45) is 0.458. The van der Waals surface area contributed by atoms with E-state index in [2.05, 4.69) is 27.0 Å². The normalized spacial score (nSPS) is 17.0. The van der Waals surface area contributed by atoms with Crippen LogP contribution in [0.1, 0.15) is 24.8 Å². The first-order valence-electron chi connectivity index (χ1n) is 8.72. The van der Waals surface area contributed by atoms with Gasteiger partial charge in [0.25, 0.3) is 0 Å².